The lowest BCUT2D eigenvalue weighted by atomic mass is 9.97. The highest BCUT2D eigenvalue weighted by molar-refractivity contribution is 7.12. The molecule has 17 heavy (non-hydrogen) atoms. The average molecular weight is 257 g/mol. The van der Waals surface area contributed by atoms with Gasteiger partial charge >= 0.3 is 0 Å². The van der Waals surface area contributed by atoms with Crippen LogP contribution in [0.15, 0.2) is 12.1 Å². The van der Waals surface area contributed by atoms with Crippen molar-refractivity contribution in [3.63, 3.8) is 0 Å². The van der Waals surface area contributed by atoms with E-state index in [-0.39, 0.29) is 19.3 Å². The second kappa shape index (κ2) is 6.50. The molecule has 0 spiro atoms. The van der Waals surface area contributed by atoms with Crippen LogP contribution in [-0.2, 0) is 6.42 Å². The van der Waals surface area contributed by atoms with Crippen molar-refractivity contribution in [3.05, 3.63) is 21.9 Å². The van der Waals surface area contributed by atoms with Crippen LogP contribution < -0.4 is 5.32 Å². The summed E-state index contributed by atoms with van der Waals surface area (Å²) in [7, 11) is 0. The first-order valence-corrected chi connectivity index (χ1v) is 7.00. The molecule has 0 bridgehead atoms. The van der Waals surface area contributed by atoms with Crippen LogP contribution in [-0.4, -0.2) is 29.0 Å². The molecule has 1 aromatic rings. The predicted octanol–water partition coefficient (Wildman–Crippen LogP) is 2.09. The minimum Gasteiger partial charge on any atom is -0.394 e. The number of rotatable bonds is 7. The van der Waals surface area contributed by atoms with E-state index in [9.17, 15) is 10.2 Å². The molecule has 3 nitrogen and oxygen atoms in total. The molecule has 0 saturated carbocycles. The standard InChI is InChI=1S/C13H23NO2S/c1-4-11-6-7-12(17-11)10(3)14-13(5-2,8-15)9-16/h6-7,10,14-16H,4-5,8-9H2,1-3H3. The fourth-order valence-corrected chi connectivity index (χ4v) is 2.77. The van der Waals surface area contributed by atoms with Gasteiger partial charge in [0.05, 0.1) is 18.8 Å². The van der Waals surface area contributed by atoms with E-state index in [2.05, 4.69) is 31.3 Å². The molecule has 0 aromatic carbocycles. The number of nitrogens with one attached hydrogen (secondary N) is 1. The van der Waals surface area contributed by atoms with Gasteiger partial charge in [-0.1, -0.05) is 13.8 Å². The Morgan fingerprint density at radius 1 is 1.29 bits per heavy atom. The largest absolute Gasteiger partial charge is 0.394 e. The fraction of sp³-hybridized carbons (Fsp3) is 0.692. The van der Waals surface area contributed by atoms with Gasteiger partial charge in [0.25, 0.3) is 0 Å². The molecule has 4 heteroatoms. The maximum Gasteiger partial charge on any atom is 0.0650 e. The Morgan fingerprint density at radius 3 is 2.35 bits per heavy atom. The molecule has 0 amide bonds. The van der Waals surface area contributed by atoms with Crippen LogP contribution in [0.4, 0.5) is 0 Å². The molecule has 1 rings (SSSR count). The molecular weight excluding hydrogens is 234 g/mol. The van der Waals surface area contributed by atoms with Gasteiger partial charge in [-0.3, -0.25) is 5.32 Å². The molecule has 1 unspecified atom stereocenters. The highest BCUT2D eigenvalue weighted by Gasteiger charge is 2.28. The molecule has 0 fully saturated rings. The second-order valence-corrected chi connectivity index (χ2v) is 5.67. The molecule has 0 aliphatic carbocycles. The van der Waals surface area contributed by atoms with Gasteiger partial charge in [-0.2, -0.15) is 0 Å². The van der Waals surface area contributed by atoms with Gasteiger partial charge in [0.15, 0.2) is 0 Å². The molecule has 98 valence electrons. The van der Waals surface area contributed by atoms with Crippen molar-refractivity contribution in [2.24, 2.45) is 0 Å². The Labute approximate surface area is 107 Å². The summed E-state index contributed by atoms with van der Waals surface area (Å²) in [6.45, 7) is 6.09. The van der Waals surface area contributed by atoms with Crippen molar-refractivity contribution in [2.45, 2.75) is 45.2 Å². The lowest BCUT2D eigenvalue weighted by molar-refractivity contribution is 0.0796. The zero-order valence-corrected chi connectivity index (χ0v) is 11.7. The Hall–Kier alpha value is -0.420. The molecule has 0 saturated heterocycles. The third-order valence-electron chi connectivity index (χ3n) is 3.26. The van der Waals surface area contributed by atoms with Crippen molar-refractivity contribution in [1.82, 2.24) is 5.32 Å². The van der Waals surface area contributed by atoms with Crippen molar-refractivity contribution in [3.8, 4) is 0 Å². The number of aliphatic hydroxyl groups excluding tert-OH is 2. The van der Waals surface area contributed by atoms with Gasteiger partial charge < -0.3 is 10.2 Å². The van der Waals surface area contributed by atoms with Gasteiger partial charge in [0, 0.05) is 15.8 Å². The summed E-state index contributed by atoms with van der Waals surface area (Å²) in [5.41, 5.74) is -0.574. The Bertz CT molecular complexity index is 326. The maximum atomic E-state index is 9.40. The first-order chi connectivity index (χ1) is 8.10. The fourth-order valence-electron chi connectivity index (χ4n) is 1.81. The van der Waals surface area contributed by atoms with Crippen molar-refractivity contribution in [1.29, 1.82) is 0 Å². The van der Waals surface area contributed by atoms with Crippen LogP contribution in [0.3, 0.4) is 0 Å². The predicted molar refractivity (Wildman–Crippen MR) is 72.4 cm³/mol. The molecular formula is C13H23NO2S. The summed E-state index contributed by atoms with van der Waals surface area (Å²) >= 11 is 1.79. The van der Waals surface area contributed by atoms with E-state index in [0.29, 0.717) is 6.42 Å². The van der Waals surface area contributed by atoms with Crippen LogP contribution in [0, 0.1) is 0 Å². The first-order valence-electron chi connectivity index (χ1n) is 6.18. The second-order valence-electron chi connectivity index (χ2n) is 4.47. The Balaban J connectivity index is 2.73. The molecule has 1 atom stereocenters. The van der Waals surface area contributed by atoms with Crippen molar-refractivity contribution >= 4 is 11.3 Å². The SMILES string of the molecule is CCc1ccc(C(C)NC(CC)(CO)CO)s1. The summed E-state index contributed by atoms with van der Waals surface area (Å²) in [5.74, 6) is 0. The van der Waals surface area contributed by atoms with Crippen molar-refractivity contribution < 1.29 is 10.2 Å². The van der Waals surface area contributed by atoms with Crippen LogP contribution in [0.2, 0.25) is 0 Å². The van der Waals surface area contributed by atoms with Gasteiger partial charge in [-0.15, -0.1) is 11.3 Å². The van der Waals surface area contributed by atoms with Gasteiger partial charge in [0.2, 0.25) is 0 Å². The molecule has 0 aliphatic rings. The van der Waals surface area contributed by atoms with Gasteiger partial charge in [-0.05, 0) is 31.9 Å². The quantitative estimate of drug-likeness (QED) is 0.701. The third kappa shape index (κ3) is 3.52. The topological polar surface area (TPSA) is 52.5 Å². The Morgan fingerprint density at radius 2 is 1.94 bits per heavy atom. The number of thiophene rings is 1. The van der Waals surface area contributed by atoms with E-state index in [1.807, 2.05) is 6.92 Å². The molecule has 1 aromatic heterocycles. The number of hydrogen-bond donors (Lipinski definition) is 3. The van der Waals surface area contributed by atoms with E-state index in [1.165, 1.54) is 9.75 Å². The lowest BCUT2D eigenvalue weighted by Crippen LogP contribution is -2.51. The molecule has 3 N–H and O–H groups in total. The van der Waals surface area contributed by atoms with Gasteiger partial charge in [-0.25, -0.2) is 0 Å². The average Bonchev–Trinajstić information content (AvgIpc) is 2.85. The van der Waals surface area contributed by atoms with Crippen molar-refractivity contribution in [2.75, 3.05) is 13.2 Å². The summed E-state index contributed by atoms with van der Waals surface area (Å²) in [6, 6.07) is 4.42. The highest BCUT2D eigenvalue weighted by Crippen LogP contribution is 2.25. The van der Waals surface area contributed by atoms with Crippen LogP contribution in [0.1, 0.15) is 43.0 Å². The zero-order chi connectivity index (χ0) is 12.9. The van der Waals surface area contributed by atoms with E-state index >= 15 is 0 Å². The summed E-state index contributed by atoms with van der Waals surface area (Å²) in [4.78, 5) is 2.62. The molecule has 0 radical (unpaired) electrons. The van der Waals surface area contributed by atoms with E-state index in [0.717, 1.165) is 6.42 Å². The minimum atomic E-state index is -0.574. The third-order valence-corrected chi connectivity index (χ3v) is 4.67. The summed E-state index contributed by atoms with van der Waals surface area (Å²) < 4.78 is 0. The monoisotopic (exact) mass is 257 g/mol. The smallest absolute Gasteiger partial charge is 0.0650 e. The van der Waals surface area contributed by atoms with Crippen LogP contribution in [0.5, 0.6) is 0 Å². The van der Waals surface area contributed by atoms with E-state index in [4.69, 9.17) is 0 Å². The summed E-state index contributed by atoms with van der Waals surface area (Å²) in [5, 5.41) is 22.2. The van der Waals surface area contributed by atoms with Crippen LogP contribution >= 0.6 is 11.3 Å². The number of hydrogen-bond acceptors (Lipinski definition) is 4. The maximum absolute atomic E-state index is 9.40. The normalized spacial score (nSPS) is 13.9. The lowest BCUT2D eigenvalue weighted by Gasteiger charge is -2.33. The Kier molecular flexibility index (Phi) is 5.59. The van der Waals surface area contributed by atoms with Crippen LogP contribution in [0.25, 0.3) is 0 Å². The highest BCUT2D eigenvalue weighted by atomic mass is 32.1. The molecule has 0 aliphatic heterocycles. The van der Waals surface area contributed by atoms with Gasteiger partial charge in [0.1, 0.15) is 0 Å². The first kappa shape index (κ1) is 14.6. The minimum absolute atomic E-state index is 0.0453. The van der Waals surface area contributed by atoms with E-state index < -0.39 is 5.54 Å². The number of aryl methyl sites for hydroxylation is 1. The number of aliphatic hydroxyl groups is 2. The zero-order valence-electron chi connectivity index (χ0n) is 10.9. The van der Waals surface area contributed by atoms with E-state index in [1.54, 1.807) is 11.3 Å². The summed E-state index contributed by atoms with van der Waals surface area (Å²) in [6.07, 6.45) is 1.76. The molecule has 1 heterocycles.